The van der Waals surface area contributed by atoms with Crippen molar-refractivity contribution in [3.05, 3.63) is 85.8 Å². The van der Waals surface area contributed by atoms with Crippen molar-refractivity contribution in [3.63, 3.8) is 0 Å². The summed E-state index contributed by atoms with van der Waals surface area (Å²) in [6.07, 6.45) is 60.5. The lowest BCUT2D eigenvalue weighted by molar-refractivity contribution is 0.394. The lowest BCUT2D eigenvalue weighted by Crippen LogP contribution is -2.27. The van der Waals surface area contributed by atoms with E-state index in [1.807, 2.05) is 11.3 Å². The molecule has 0 atom stereocenters. The molecule has 4 aromatic heterocycles. The fraction of sp³-hybridized carbons (Fsp3) is 0.667. The second kappa shape index (κ2) is 36.1. The van der Waals surface area contributed by atoms with Crippen molar-refractivity contribution in [2.24, 2.45) is 0 Å². The van der Waals surface area contributed by atoms with Crippen LogP contribution in [0.4, 0.5) is 0 Å². The number of benzene rings is 3. The lowest BCUT2D eigenvalue weighted by atomic mass is 9.68. The average Bonchev–Trinajstić information content (AvgIpc) is 1.52. The van der Waals surface area contributed by atoms with Gasteiger partial charge in [0.1, 0.15) is 22.1 Å². The van der Waals surface area contributed by atoms with Crippen LogP contribution in [0.1, 0.15) is 381 Å². The molecule has 0 unspecified atom stereocenters. The van der Waals surface area contributed by atoms with E-state index in [-0.39, 0.29) is 10.8 Å². The first-order valence-electron chi connectivity index (χ1n) is 39.0. The number of nitrogens with zero attached hydrogens (tertiary/aromatic N) is 4. The van der Waals surface area contributed by atoms with Crippen LogP contribution in [0.2, 0.25) is 0 Å². The summed E-state index contributed by atoms with van der Waals surface area (Å²) in [4.78, 5) is 5.85. The first-order chi connectivity index (χ1) is 45.3. The van der Waals surface area contributed by atoms with E-state index >= 15 is 0 Å². The maximum Gasteiger partial charge on any atom is 0.114 e. The van der Waals surface area contributed by atoms with E-state index in [9.17, 15) is 0 Å². The number of aromatic nitrogens is 4. The molecule has 4 heterocycles. The molecule has 0 fully saturated rings. The topological polar surface area (TPSA) is 51.6 Å². The predicted molar refractivity (Wildman–Crippen MR) is 409 cm³/mol. The number of hydrogen-bond donors (Lipinski definition) is 0. The Morgan fingerprint density at radius 1 is 0.315 bits per heavy atom. The molecule has 92 heavy (non-hydrogen) atoms. The van der Waals surface area contributed by atoms with E-state index in [2.05, 4.69) is 103 Å². The lowest BCUT2D eigenvalue weighted by Gasteiger charge is -2.35. The van der Waals surface area contributed by atoms with Crippen LogP contribution >= 0.6 is 46.1 Å². The van der Waals surface area contributed by atoms with E-state index in [1.54, 1.807) is 33.4 Å². The minimum absolute atomic E-state index is 0.0837. The number of thiophene rings is 2. The highest BCUT2D eigenvalue weighted by Crippen LogP contribution is 2.64. The van der Waals surface area contributed by atoms with Crippen LogP contribution < -0.4 is 0 Å². The van der Waals surface area contributed by atoms with Crippen molar-refractivity contribution in [2.45, 2.75) is 362 Å². The van der Waals surface area contributed by atoms with Gasteiger partial charge in [0, 0.05) is 48.4 Å². The molecule has 3 aliphatic rings. The van der Waals surface area contributed by atoms with Crippen LogP contribution in [0.5, 0.6) is 0 Å². The summed E-state index contributed by atoms with van der Waals surface area (Å²) in [6, 6.07) is 16.3. The number of fused-ring (bicyclic) bond motifs is 13. The molecular formula is C84H122N4S4. The smallest absolute Gasteiger partial charge is 0.114 e. The van der Waals surface area contributed by atoms with Gasteiger partial charge in [0.15, 0.2) is 0 Å². The summed E-state index contributed by atoms with van der Waals surface area (Å²) in [6.45, 7) is 18.8. The maximum absolute atomic E-state index is 5.59. The molecule has 8 heteroatoms. The first kappa shape index (κ1) is 71.2. The predicted octanol–water partition coefficient (Wildman–Crippen LogP) is 29.5. The maximum atomic E-state index is 5.59. The SMILES string of the molecule is CCCCCCCCCCC1(CCCCCCCCCC)c2cc3c(cc2-c2c1cc(C)c1nsnc21)C(CCCCCCCCCC)(CCCCCCCCCC)c1cc(-c2cc4c(s2)-c2sc(C)cc2C4=C(CCCCCC)CCCCCC)c2nsnc2c1-3. The molecule has 0 radical (unpaired) electrons. The minimum Gasteiger partial charge on any atom is -0.173 e. The molecule has 7 aromatic rings. The highest BCUT2D eigenvalue weighted by Gasteiger charge is 2.50. The Bertz CT molecular complexity index is 3380. The van der Waals surface area contributed by atoms with Gasteiger partial charge in [-0.05, 0) is 140 Å². The quantitative estimate of drug-likeness (QED) is 0.0357. The minimum atomic E-state index is -0.144. The van der Waals surface area contributed by atoms with Crippen molar-refractivity contribution in [1.82, 2.24) is 17.5 Å². The van der Waals surface area contributed by atoms with Gasteiger partial charge in [-0.15, -0.1) is 22.7 Å². The number of allylic oxidation sites excluding steroid dienone is 1. The fourth-order valence-electron chi connectivity index (χ4n) is 17.4. The molecular weight excluding hydrogens is 1190 g/mol. The standard InChI is InChI=1S/C84H122N4S4/c1-9-15-21-27-31-35-39-45-51-83(52-46-40-36-32-28-22-16-10-2)69-58-65-70(57-64(69)75-71(83)55-61(7)77-79(75)87-91-85-77)84(53-47-41-37-33-29-23-17-11-3,54-48-42-38-34-30-24-18-12-4)72-59-66(78-80(76(65)72)88-92-86-78)73-60-68-74(67-56-62(8)89-81(67)82(68)90-73)63(49-43-25-19-13-5)50-44-26-20-14-6/h55-60H,9-54H2,1-8H3. The number of aryl methyl sites for hydroxylation is 2. The second-order valence-corrected chi connectivity index (χ2v) is 32.8. The third kappa shape index (κ3) is 16.4. The Labute approximate surface area is 576 Å². The second-order valence-electron chi connectivity index (χ2n) is 29.4. The Kier molecular flexibility index (Phi) is 28.0. The van der Waals surface area contributed by atoms with E-state index in [1.165, 1.54) is 383 Å². The van der Waals surface area contributed by atoms with E-state index in [0.29, 0.717) is 0 Å². The Morgan fingerprint density at radius 3 is 1.09 bits per heavy atom. The Balaban J connectivity index is 1.15. The van der Waals surface area contributed by atoms with Gasteiger partial charge >= 0.3 is 0 Å². The van der Waals surface area contributed by atoms with E-state index in [0.717, 1.165) is 22.1 Å². The molecule has 3 aromatic carbocycles. The highest BCUT2D eigenvalue weighted by molar-refractivity contribution is 7.24. The first-order valence-corrected chi connectivity index (χ1v) is 42.1. The molecule has 0 spiro atoms. The van der Waals surface area contributed by atoms with Crippen LogP contribution in [-0.4, -0.2) is 17.5 Å². The molecule has 0 bridgehead atoms. The van der Waals surface area contributed by atoms with Crippen LogP contribution in [-0.2, 0) is 10.8 Å². The summed E-state index contributed by atoms with van der Waals surface area (Å²) < 4.78 is 21.5. The summed E-state index contributed by atoms with van der Waals surface area (Å²) in [5, 5.41) is 0. The molecule has 0 aliphatic heterocycles. The molecule has 0 amide bonds. The molecule has 0 saturated carbocycles. The van der Waals surface area contributed by atoms with Gasteiger partial charge in [-0.25, -0.2) is 0 Å². The van der Waals surface area contributed by atoms with Crippen LogP contribution in [0.3, 0.4) is 0 Å². The van der Waals surface area contributed by atoms with Gasteiger partial charge in [-0.2, -0.15) is 17.5 Å². The van der Waals surface area contributed by atoms with E-state index in [4.69, 9.17) is 17.5 Å². The molecule has 10 rings (SSSR count). The number of unbranched alkanes of at least 4 members (excludes halogenated alkanes) is 34. The van der Waals surface area contributed by atoms with Crippen molar-refractivity contribution in [2.75, 3.05) is 0 Å². The largest absolute Gasteiger partial charge is 0.173 e. The van der Waals surface area contributed by atoms with Gasteiger partial charge in [-0.1, -0.05) is 297 Å². The summed E-state index contributed by atoms with van der Waals surface area (Å²) in [5.41, 5.74) is 25.5. The molecule has 502 valence electrons. The zero-order chi connectivity index (χ0) is 64.1. The fourth-order valence-corrected chi connectivity index (χ4v) is 20.9. The highest BCUT2D eigenvalue weighted by atomic mass is 32.1. The molecule has 3 aliphatic carbocycles. The van der Waals surface area contributed by atoms with Crippen LogP contribution in [0.25, 0.3) is 70.1 Å². The van der Waals surface area contributed by atoms with Crippen molar-refractivity contribution >= 4 is 73.8 Å². The number of rotatable bonds is 47. The summed E-state index contributed by atoms with van der Waals surface area (Å²) >= 11 is 7.01. The van der Waals surface area contributed by atoms with Gasteiger partial charge in [0.25, 0.3) is 0 Å². The average molecular weight is 1320 g/mol. The van der Waals surface area contributed by atoms with Gasteiger partial charge < -0.3 is 0 Å². The zero-order valence-corrected chi connectivity index (χ0v) is 62.7. The molecule has 0 saturated heterocycles. The van der Waals surface area contributed by atoms with Gasteiger partial charge in [-0.3, -0.25) is 0 Å². The Hall–Kier alpha value is -3.56. The summed E-state index contributed by atoms with van der Waals surface area (Å²) in [7, 11) is 0. The Morgan fingerprint density at radius 2 is 0.652 bits per heavy atom. The monoisotopic (exact) mass is 1310 g/mol. The van der Waals surface area contributed by atoms with Gasteiger partial charge in [0.2, 0.25) is 0 Å². The van der Waals surface area contributed by atoms with Crippen LogP contribution in [0.15, 0.2) is 42.0 Å². The zero-order valence-electron chi connectivity index (χ0n) is 59.4. The molecule has 4 nitrogen and oxygen atoms in total. The van der Waals surface area contributed by atoms with E-state index < -0.39 is 0 Å². The molecule has 0 N–H and O–H groups in total. The third-order valence-electron chi connectivity index (χ3n) is 22.5. The van der Waals surface area contributed by atoms with Crippen molar-refractivity contribution in [1.29, 1.82) is 0 Å². The summed E-state index contributed by atoms with van der Waals surface area (Å²) in [5.74, 6) is 0. The van der Waals surface area contributed by atoms with Crippen LogP contribution in [0, 0.1) is 13.8 Å². The van der Waals surface area contributed by atoms with Crippen molar-refractivity contribution in [3.8, 4) is 42.4 Å². The van der Waals surface area contributed by atoms with Gasteiger partial charge in [0.05, 0.1) is 33.2 Å². The number of hydrogen-bond acceptors (Lipinski definition) is 8. The third-order valence-corrected chi connectivity index (χ3v) is 25.9. The normalized spacial score (nSPS) is 14.1. The van der Waals surface area contributed by atoms with Crippen molar-refractivity contribution < 1.29 is 0 Å².